The van der Waals surface area contributed by atoms with E-state index in [9.17, 15) is 14.4 Å². The van der Waals surface area contributed by atoms with Crippen LogP contribution >= 0.6 is 0 Å². The van der Waals surface area contributed by atoms with Crippen LogP contribution in [0.15, 0.2) is 97.2 Å². The zero-order valence-electron chi connectivity index (χ0n) is 44.3. The van der Waals surface area contributed by atoms with Crippen LogP contribution in [0.25, 0.3) is 0 Å². The summed E-state index contributed by atoms with van der Waals surface area (Å²) in [6, 6.07) is 0. The highest BCUT2D eigenvalue weighted by atomic mass is 16.6. The predicted molar refractivity (Wildman–Crippen MR) is 293 cm³/mol. The van der Waals surface area contributed by atoms with Gasteiger partial charge in [-0.2, -0.15) is 0 Å². The molecule has 388 valence electrons. The minimum Gasteiger partial charge on any atom is -0.462 e. The monoisotopic (exact) mass is 945 g/mol. The molecule has 0 saturated carbocycles. The van der Waals surface area contributed by atoms with Gasteiger partial charge < -0.3 is 14.2 Å². The Labute approximate surface area is 419 Å². The van der Waals surface area contributed by atoms with Crippen molar-refractivity contribution < 1.29 is 28.6 Å². The Morgan fingerprint density at radius 1 is 0.309 bits per heavy atom. The highest BCUT2D eigenvalue weighted by molar-refractivity contribution is 5.71. The lowest BCUT2D eigenvalue weighted by Gasteiger charge is -2.18. The average molecular weight is 946 g/mol. The summed E-state index contributed by atoms with van der Waals surface area (Å²) in [6.45, 7) is 6.44. The Hall–Kier alpha value is -3.67. The molecule has 0 heterocycles. The molecule has 0 saturated heterocycles. The Balaban J connectivity index is 4.47. The minimum atomic E-state index is -0.800. The Morgan fingerprint density at radius 2 is 0.588 bits per heavy atom. The van der Waals surface area contributed by atoms with Crippen LogP contribution in [-0.2, 0) is 28.6 Å². The van der Waals surface area contributed by atoms with Crippen LogP contribution in [0.2, 0.25) is 0 Å². The van der Waals surface area contributed by atoms with Crippen LogP contribution in [0.3, 0.4) is 0 Å². The standard InChI is InChI=1S/C62H104O6/c1-4-7-10-13-16-19-22-25-28-30-31-33-34-37-40-43-46-49-52-55-61(64)67-58-59(57-66-60(63)54-51-48-45-42-39-36-27-24-21-18-15-12-9-6-3)68-62(65)56-53-50-47-44-41-38-35-32-29-26-23-20-17-14-11-8-5-2/h7,10,15-16,18-19,24-29,31,33,37,40,59H,4-6,8-9,11-14,17,20-23,30,32,34-36,38-39,41-58H2,1-3H3/b10-7-,18-15-,19-16-,27-24-,28-25-,29-26-,33-31-,40-37-. The molecule has 68 heavy (non-hydrogen) atoms. The zero-order valence-corrected chi connectivity index (χ0v) is 44.3. The molecule has 0 amide bonds. The maximum atomic E-state index is 12.9. The minimum absolute atomic E-state index is 0.0978. The van der Waals surface area contributed by atoms with E-state index in [2.05, 4.69) is 118 Å². The van der Waals surface area contributed by atoms with Crippen molar-refractivity contribution in [1.82, 2.24) is 0 Å². The van der Waals surface area contributed by atoms with E-state index in [0.29, 0.717) is 19.3 Å². The molecular weight excluding hydrogens is 841 g/mol. The third kappa shape index (κ3) is 53.3. The van der Waals surface area contributed by atoms with Crippen LogP contribution in [0, 0.1) is 0 Å². The van der Waals surface area contributed by atoms with Gasteiger partial charge in [0.05, 0.1) is 0 Å². The van der Waals surface area contributed by atoms with Gasteiger partial charge in [-0.05, 0) is 116 Å². The summed E-state index contributed by atoms with van der Waals surface area (Å²) in [5.41, 5.74) is 0. The van der Waals surface area contributed by atoms with E-state index in [4.69, 9.17) is 14.2 Å². The van der Waals surface area contributed by atoms with E-state index >= 15 is 0 Å². The van der Waals surface area contributed by atoms with E-state index in [-0.39, 0.29) is 31.1 Å². The summed E-state index contributed by atoms with van der Waals surface area (Å²) in [7, 11) is 0. The fraction of sp³-hybridized carbons (Fsp3) is 0.694. The van der Waals surface area contributed by atoms with Gasteiger partial charge in [0, 0.05) is 19.3 Å². The summed E-state index contributed by atoms with van der Waals surface area (Å²) >= 11 is 0. The highest BCUT2D eigenvalue weighted by Gasteiger charge is 2.19. The lowest BCUT2D eigenvalue weighted by atomic mass is 10.1. The summed E-state index contributed by atoms with van der Waals surface area (Å²) in [5, 5.41) is 0. The van der Waals surface area contributed by atoms with Crippen molar-refractivity contribution in [1.29, 1.82) is 0 Å². The smallest absolute Gasteiger partial charge is 0.306 e. The van der Waals surface area contributed by atoms with Gasteiger partial charge >= 0.3 is 17.9 Å². The Morgan fingerprint density at radius 3 is 0.971 bits per heavy atom. The molecule has 6 heteroatoms. The maximum Gasteiger partial charge on any atom is 0.306 e. The third-order valence-corrected chi connectivity index (χ3v) is 11.8. The molecule has 0 aromatic heterocycles. The molecule has 0 N–H and O–H groups in total. The van der Waals surface area contributed by atoms with E-state index in [1.165, 1.54) is 96.3 Å². The number of carbonyl (C=O) groups is 3. The van der Waals surface area contributed by atoms with Crippen LogP contribution in [0.1, 0.15) is 258 Å². The van der Waals surface area contributed by atoms with Gasteiger partial charge in [-0.15, -0.1) is 0 Å². The summed E-state index contributed by atoms with van der Waals surface area (Å²) in [5.74, 6) is -0.946. The van der Waals surface area contributed by atoms with E-state index < -0.39 is 6.10 Å². The Kier molecular flexibility index (Phi) is 52.9. The molecule has 0 aliphatic heterocycles. The molecule has 0 aliphatic carbocycles. The predicted octanol–water partition coefficient (Wildman–Crippen LogP) is 18.9. The molecule has 0 aliphatic rings. The molecule has 0 fully saturated rings. The van der Waals surface area contributed by atoms with Gasteiger partial charge in [-0.25, -0.2) is 0 Å². The number of ether oxygens (including phenoxy) is 3. The van der Waals surface area contributed by atoms with Crippen molar-refractivity contribution >= 4 is 17.9 Å². The molecule has 0 rings (SSSR count). The van der Waals surface area contributed by atoms with Crippen molar-refractivity contribution in [3.63, 3.8) is 0 Å². The van der Waals surface area contributed by atoms with Crippen LogP contribution in [0.5, 0.6) is 0 Å². The molecule has 0 aromatic carbocycles. The lowest BCUT2D eigenvalue weighted by Crippen LogP contribution is -2.30. The van der Waals surface area contributed by atoms with Gasteiger partial charge in [0.25, 0.3) is 0 Å². The number of unbranched alkanes of at least 4 members (excludes halogenated alkanes) is 23. The van der Waals surface area contributed by atoms with Gasteiger partial charge in [0.2, 0.25) is 0 Å². The van der Waals surface area contributed by atoms with Crippen LogP contribution < -0.4 is 0 Å². The van der Waals surface area contributed by atoms with Crippen LogP contribution in [0.4, 0.5) is 0 Å². The molecule has 0 aromatic rings. The fourth-order valence-corrected chi connectivity index (χ4v) is 7.54. The number of esters is 3. The second kappa shape index (κ2) is 55.9. The summed E-state index contributed by atoms with van der Waals surface area (Å²) < 4.78 is 16.8. The van der Waals surface area contributed by atoms with Gasteiger partial charge in [-0.1, -0.05) is 221 Å². The number of carbonyl (C=O) groups excluding carboxylic acids is 3. The van der Waals surface area contributed by atoms with Crippen molar-refractivity contribution in [2.75, 3.05) is 13.2 Å². The number of allylic oxidation sites excluding steroid dienone is 16. The second-order valence-corrected chi connectivity index (χ2v) is 18.5. The summed E-state index contributed by atoms with van der Waals surface area (Å²) in [6.07, 6.45) is 73.9. The first-order valence-electron chi connectivity index (χ1n) is 28.2. The SMILES string of the molecule is CC/C=C\C/C=C\C/C=C\C/C=C\C/C=C\CCCCCC(=O)OCC(COC(=O)CCCCCCC/C=C\C/C=C\CCCC)OC(=O)CCCCCCCCC/C=C\CCCCCCCC. The van der Waals surface area contributed by atoms with Gasteiger partial charge in [0.1, 0.15) is 13.2 Å². The normalized spacial score (nSPS) is 12.8. The molecule has 0 bridgehead atoms. The topological polar surface area (TPSA) is 78.9 Å². The number of rotatable bonds is 50. The largest absolute Gasteiger partial charge is 0.462 e. The maximum absolute atomic E-state index is 12.9. The van der Waals surface area contributed by atoms with Crippen molar-refractivity contribution in [2.45, 2.75) is 264 Å². The molecule has 6 nitrogen and oxygen atoms in total. The number of hydrogen-bond acceptors (Lipinski definition) is 6. The average Bonchev–Trinajstić information content (AvgIpc) is 3.34. The second-order valence-electron chi connectivity index (χ2n) is 18.5. The molecule has 0 radical (unpaired) electrons. The van der Waals surface area contributed by atoms with Crippen LogP contribution in [-0.4, -0.2) is 37.2 Å². The van der Waals surface area contributed by atoms with Crippen molar-refractivity contribution in [3.8, 4) is 0 Å². The molecule has 0 spiro atoms. The molecule has 1 atom stereocenters. The first-order valence-corrected chi connectivity index (χ1v) is 28.2. The lowest BCUT2D eigenvalue weighted by molar-refractivity contribution is -0.167. The highest BCUT2D eigenvalue weighted by Crippen LogP contribution is 2.14. The quantitative estimate of drug-likeness (QED) is 0.0262. The van der Waals surface area contributed by atoms with E-state index in [1.807, 2.05) is 0 Å². The van der Waals surface area contributed by atoms with E-state index in [1.54, 1.807) is 0 Å². The fourth-order valence-electron chi connectivity index (χ4n) is 7.54. The number of hydrogen-bond donors (Lipinski definition) is 0. The molecule has 1 unspecified atom stereocenters. The van der Waals surface area contributed by atoms with Crippen molar-refractivity contribution in [2.24, 2.45) is 0 Å². The molecular formula is C62H104O6. The van der Waals surface area contributed by atoms with Gasteiger partial charge in [0.15, 0.2) is 6.10 Å². The van der Waals surface area contributed by atoms with Gasteiger partial charge in [-0.3, -0.25) is 14.4 Å². The van der Waals surface area contributed by atoms with Crippen molar-refractivity contribution in [3.05, 3.63) is 97.2 Å². The first-order chi connectivity index (χ1) is 33.5. The van der Waals surface area contributed by atoms with E-state index in [0.717, 1.165) is 122 Å². The zero-order chi connectivity index (χ0) is 49.3. The third-order valence-electron chi connectivity index (χ3n) is 11.8. The first kappa shape index (κ1) is 64.3. The Bertz CT molecular complexity index is 1360. The summed E-state index contributed by atoms with van der Waals surface area (Å²) in [4.78, 5) is 38.1.